The Morgan fingerprint density at radius 1 is 1.16 bits per heavy atom. The maximum Gasteiger partial charge on any atom is 0.144 e. The van der Waals surface area contributed by atoms with Gasteiger partial charge >= 0.3 is 0 Å². The Balaban J connectivity index is 2.08. The first-order valence-electron chi connectivity index (χ1n) is 5.75. The second kappa shape index (κ2) is 5.90. The number of nitrogens with two attached hydrogens (primary N) is 1. The molecule has 6 nitrogen and oxygen atoms in total. The van der Waals surface area contributed by atoms with Gasteiger partial charge in [0.1, 0.15) is 23.1 Å². The zero-order chi connectivity index (χ0) is 13.7. The molecule has 19 heavy (non-hydrogen) atoms. The monoisotopic (exact) mass is 260 g/mol. The molecule has 2 aromatic rings. The van der Waals surface area contributed by atoms with Crippen LogP contribution < -0.4 is 20.5 Å². The van der Waals surface area contributed by atoms with E-state index in [1.807, 2.05) is 18.2 Å². The minimum atomic E-state index is 0.396. The number of nitrogens with zero attached hydrogens (tertiary/aromatic N) is 2. The highest BCUT2D eigenvalue weighted by Crippen LogP contribution is 2.25. The summed E-state index contributed by atoms with van der Waals surface area (Å²) < 4.78 is 10.5. The van der Waals surface area contributed by atoms with Crippen molar-refractivity contribution < 1.29 is 9.47 Å². The summed E-state index contributed by atoms with van der Waals surface area (Å²) in [6, 6.07) is 5.66. The van der Waals surface area contributed by atoms with Crippen LogP contribution in [0.2, 0.25) is 0 Å². The van der Waals surface area contributed by atoms with E-state index < -0.39 is 0 Å². The average Bonchev–Trinajstić information content (AvgIpc) is 2.46. The molecule has 2 rings (SSSR count). The molecule has 100 valence electrons. The number of ether oxygens (including phenoxy) is 2. The molecule has 0 bridgehead atoms. The third-order valence-corrected chi connectivity index (χ3v) is 2.63. The third kappa shape index (κ3) is 3.25. The molecular formula is C13H16N4O2. The van der Waals surface area contributed by atoms with Gasteiger partial charge in [-0.25, -0.2) is 9.97 Å². The molecule has 0 aliphatic carbocycles. The smallest absolute Gasteiger partial charge is 0.144 e. The summed E-state index contributed by atoms with van der Waals surface area (Å²) in [4.78, 5) is 8.08. The molecule has 1 aromatic heterocycles. The fourth-order valence-corrected chi connectivity index (χ4v) is 1.61. The minimum Gasteiger partial charge on any atom is -0.497 e. The van der Waals surface area contributed by atoms with Crippen LogP contribution in [0.4, 0.5) is 11.6 Å². The molecule has 0 aliphatic heterocycles. The van der Waals surface area contributed by atoms with E-state index in [4.69, 9.17) is 15.2 Å². The SMILES string of the molecule is COc1ccc(CNc2cnc(N)cn2)c(OC)c1. The second-order valence-electron chi connectivity index (χ2n) is 3.86. The van der Waals surface area contributed by atoms with Gasteiger partial charge in [-0.2, -0.15) is 0 Å². The molecule has 0 saturated carbocycles. The van der Waals surface area contributed by atoms with Gasteiger partial charge in [0, 0.05) is 18.2 Å². The Labute approximate surface area is 111 Å². The molecule has 0 saturated heterocycles. The molecule has 1 aromatic carbocycles. The molecule has 6 heteroatoms. The van der Waals surface area contributed by atoms with Gasteiger partial charge in [0.05, 0.1) is 26.6 Å². The van der Waals surface area contributed by atoms with Crippen molar-refractivity contribution in [1.29, 1.82) is 0 Å². The fourth-order valence-electron chi connectivity index (χ4n) is 1.61. The minimum absolute atomic E-state index is 0.396. The summed E-state index contributed by atoms with van der Waals surface area (Å²) in [5.41, 5.74) is 6.48. The van der Waals surface area contributed by atoms with Crippen molar-refractivity contribution in [2.24, 2.45) is 0 Å². The molecule has 3 N–H and O–H groups in total. The van der Waals surface area contributed by atoms with Crippen LogP contribution in [0, 0.1) is 0 Å². The molecule has 0 radical (unpaired) electrons. The number of rotatable bonds is 5. The number of nitrogens with one attached hydrogen (secondary N) is 1. The standard InChI is InChI=1S/C13H16N4O2/c1-18-10-4-3-9(11(5-10)19-2)6-16-13-8-15-12(14)7-17-13/h3-5,7-8H,6H2,1-2H3,(H2,14,15)(H,16,17). The third-order valence-electron chi connectivity index (χ3n) is 2.63. The highest BCUT2D eigenvalue weighted by atomic mass is 16.5. The van der Waals surface area contributed by atoms with Gasteiger partial charge in [-0.15, -0.1) is 0 Å². The summed E-state index contributed by atoms with van der Waals surface area (Å²) in [5, 5.41) is 3.15. The summed E-state index contributed by atoms with van der Waals surface area (Å²) >= 11 is 0. The predicted octanol–water partition coefficient (Wildman–Crippen LogP) is 1.69. The van der Waals surface area contributed by atoms with E-state index in [9.17, 15) is 0 Å². The summed E-state index contributed by atoms with van der Waals surface area (Å²) in [5.74, 6) is 2.57. The van der Waals surface area contributed by atoms with Crippen molar-refractivity contribution in [2.45, 2.75) is 6.54 Å². The van der Waals surface area contributed by atoms with Crippen molar-refractivity contribution in [3.8, 4) is 11.5 Å². The predicted molar refractivity (Wildman–Crippen MR) is 73.3 cm³/mol. The van der Waals surface area contributed by atoms with E-state index >= 15 is 0 Å². The Morgan fingerprint density at radius 2 is 2.00 bits per heavy atom. The van der Waals surface area contributed by atoms with Crippen LogP contribution in [0.1, 0.15) is 5.56 Å². The molecule has 0 fully saturated rings. The summed E-state index contributed by atoms with van der Waals surface area (Å²) in [6.07, 6.45) is 3.10. The van der Waals surface area contributed by atoms with Gasteiger partial charge < -0.3 is 20.5 Å². The molecule has 0 spiro atoms. The zero-order valence-corrected chi connectivity index (χ0v) is 10.9. The number of nitrogen functional groups attached to an aromatic ring is 1. The van der Waals surface area contributed by atoms with Gasteiger partial charge in [0.25, 0.3) is 0 Å². The number of hydrogen-bond donors (Lipinski definition) is 2. The summed E-state index contributed by atoms with van der Waals surface area (Å²) in [6.45, 7) is 0.575. The van der Waals surface area contributed by atoms with Gasteiger partial charge in [0.2, 0.25) is 0 Å². The van der Waals surface area contributed by atoms with Crippen LogP contribution in [-0.4, -0.2) is 24.2 Å². The average molecular weight is 260 g/mol. The largest absolute Gasteiger partial charge is 0.497 e. The molecule has 0 atom stereocenters. The highest BCUT2D eigenvalue weighted by molar-refractivity contribution is 5.44. The van der Waals surface area contributed by atoms with Crippen LogP contribution in [0.25, 0.3) is 0 Å². The van der Waals surface area contributed by atoms with Gasteiger partial charge in [-0.05, 0) is 12.1 Å². The van der Waals surface area contributed by atoms with Crippen LogP contribution in [-0.2, 0) is 6.54 Å². The fraction of sp³-hybridized carbons (Fsp3) is 0.231. The van der Waals surface area contributed by atoms with Gasteiger partial charge in [-0.3, -0.25) is 0 Å². The lowest BCUT2D eigenvalue weighted by Gasteiger charge is -2.11. The van der Waals surface area contributed by atoms with Crippen LogP contribution in [0.3, 0.4) is 0 Å². The highest BCUT2D eigenvalue weighted by Gasteiger charge is 2.05. The quantitative estimate of drug-likeness (QED) is 0.851. The van der Waals surface area contributed by atoms with Crippen molar-refractivity contribution in [3.63, 3.8) is 0 Å². The van der Waals surface area contributed by atoms with E-state index in [0.717, 1.165) is 17.1 Å². The van der Waals surface area contributed by atoms with Gasteiger partial charge in [0.15, 0.2) is 0 Å². The van der Waals surface area contributed by atoms with E-state index in [1.54, 1.807) is 20.4 Å². The lowest BCUT2D eigenvalue weighted by Crippen LogP contribution is -2.04. The molecule has 1 heterocycles. The van der Waals surface area contributed by atoms with E-state index in [2.05, 4.69) is 15.3 Å². The first-order chi connectivity index (χ1) is 9.22. The molecule has 0 unspecified atom stereocenters. The van der Waals surface area contributed by atoms with E-state index in [0.29, 0.717) is 18.2 Å². The summed E-state index contributed by atoms with van der Waals surface area (Å²) in [7, 11) is 3.25. The number of aromatic nitrogens is 2. The van der Waals surface area contributed by atoms with Crippen LogP contribution >= 0.6 is 0 Å². The second-order valence-corrected chi connectivity index (χ2v) is 3.86. The number of anilines is 2. The first kappa shape index (κ1) is 12.9. The normalized spacial score (nSPS) is 10.0. The zero-order valence-electron chi connectivity index (χ0n) is 10.9. The maximum absolute atomic E-state index is 5.48. The van der Waals surface area contributed by atoms with Gasteiger partial charge in [-0.1, -0.05) is 0 Å². The van der Waals surface area contributed by atoms with Crippen molar-refractivity contribution in [2.75, 3.05) is 25.3 Å². The lowest BCUT2D eigenvalue weighted by atomic mass is 10.2. The van der Waals surface area contributed by atoms with Crippen molar-refractivity contribution in [3.05, 3.63) is 36.2 Å². The van der Waals surface area contributed by atoms with E-state index in [-0.39, 0.29) is 0 Å². The topological polar surface area (TPSA) is 82.3 Å². The van der Waals surface area contributed by atoms with Crippen molar-refractivity contribution >= 4 is 11.6 Å². The first-order valence-corrected chi connectivity index (χ1v) is 5.75. The molecular weight excluding hydrogens is 244 g/mol. The van der Waals surface area contributed by atoms with Crippen LogP contribution in [0.15, 0.2) is 30.6 Å². The van der Waals surface area contributed by atoms with Crippen LogP contribution in [0.5, 0.6) is 11.5 Å². The molecule has 0 amide bonds. The Kier molecular flexibility index (Phi) is 4.02. The Bertz CT molecular complexity index is 543. The van der Waals surface area contributed by atoms with Crippen molar-refractivity contribution in [1.82, 2.24) is 9.97 Å². The number of benzene rings is 1. The Morgan fingerprint density at radius 3 is 2.63 bits per heavy atom. The number of methoxy groups -OCH3 is 2. The molecule has 0 aliphatic rings. The Hall–Kier alpha value is -2.50. The number of hydrogen-bond acceptors (Lipinski definition) is 6. The lowest BCUT2D eigenvalue weighted by molar-refractivity contribution is 0.391. The maximum atomic E-state index is 5.48. The van der Waals surface area contributed by atoms with E-state index in [1.165, 1.54) is 6.20 Å².